The first kappa shape index (κ1) is 21.7. The number of anilines is 1. The molecule has 1 atom stereocenters. The van der Waals surface area contributed by atoms with E-state index in [-0.39, 0.29) is 10.6 Å². The van der Waals surface area contributed by atoms with Gasteiger partial charge in [-0.25, -0.2) is 8.42 Å². The number of thiophene rings is 1. The molecule has 2 N–H and O–H groups in total. The van der Waals surface area contributed by atoms with Crippen molar-refractivity contribution in [3.63, 3.8) is 0 Å². The largest absolute Gasteiger partial charge is 0.325 e. The topological polar surface area (TPSA) is 75.3 Å². The fraction of sp³-hybridized carbons (Fsp3) is 0.190. The van der Waals surface area contributed by atoms with Crippen LogP contribution >= 0.6 is 27.3 Å². The molecule has 0 unspecified atom stereocenters. The minimum atomic E-state index is -3.83. The molecule has 0 bridgehead atoms. The van der Waals surface area contributed by atoms with Gasteiger partial charge in [-0.3, -0.25) is 4.79 Å². The van der Waals surface area contributed by atoms with Crippen molar-refractivity contribution in [2.24, 2.45) is 0 Å². The number of carbonyl (C=O) groups is 1. The summed E-state index contributed by atoms with van der Waals surface area (Å²) >= 11 is 4.38. The summed E-state index contributed by atoms with van der Waals surface area (Å²) in [5.74, 6) is -0.402. The number of hydrogen-bond acceptors (Lipinski definition) is 4. The molecule has 0 aliphatic heterocycles. The summed E-state index contributed by atoms with van der Waals surface area (Å²) in [5, 5.41) is 2.84. The lowest BCUT2D eigenvalue weighted by atomic mass is 10.1. The highest BCUT2D eigenvalue weighted by molar-refractivity contribution is 9.11. The van der Waals surface area contributed by atoms with Gasteiger partial charge in [0.05, 0.1) is 3.79 Å². The molecule has 3 aromatic rings. The average Bonchev–Trinajstić information content (AvgIpc) is 3.15. The number of halogens is 1. The fourth-order valence-corrected chi connectivity index (χ4v) is 6.05. The Morgan fingerprint density at radius 3 is 2.41 bits per heavy atom. The second-order valence-corrected chi connectivity index (χ2v) is 10.9. The molecular formula is C21H21BrN2O3S2. The Labute approximate surface area is 183 Å². The van der Waals surface area contributed by atoms with Gasteiger partial charge in [0.1, 0.15) is 10.3 Å². The maximum Gasteiger partial charge on any atom is 0.250 e. The van der Waals surface area contributed by atoms with Crippen LogP contribution in [0.15, 0.2) is 74.7 Å². The van der Waals surface area contributed by atoms with Crippen LogP contribution in [0.3, 0.4) is 0 Å². The Bertz CT molecular complexity index is 1080. The lowest BCUT2D eigenvalue weighted by Crippen LogP contribution is -2.45. The minimum absolute atomic E-state index is 0.156. The van der Waals surface area contributed by atoms with Crippen molar-refractivity contribution < 1.29 is 13.2 Å². The van der Waals surface area contributed by atoms with Crippen molar-refractivity contribution in [3.05, 3.63) is 81.6 Å². The van der Waals surface area contributed by atoms with E-state index in [1.54, 1.807) is 12.1 Å². The van der Waals surface area contributed by atoms with Crippen LogP contribution in [0.4, 0.5) is 5.69 Å². The summed E-state index contributed by atoms with van der Waals surface area (Å²) in [4.78, 5) is 13.0. The van der Waals surface area contributed by atoms with Gasteiger partial charge in [-0.2, -0.15) is 4.72 Å². The van der Waals surface area contributed by atoms with Crippen molar-refractivity contribution in [1.29, 1.82) is 0 Å². The van der Waals surface area contributed by atoms with Crippen molar-refractivity contribution in [2.75, 3.05) is 5.32 Å². The van der Waals surface area contributed by atoms with Crippen LogP contribution in [0.25, 0.3) is 0 Å². The first-order valence-corrected chi connectivity index (χ1v) is 12.2. The number of carbonyl (C=O) groups excluding carboxylic acids is 1. The Hall–Kier alpha value is -2.00. The third-order valence-electron chi connectivity index (χ3n) is 4.31. The van der Waals surface area contributed by atoms with Crippen molar-refractivity contribution in [2.45, 2.75) is 30.0 Å². The molecule has 0 saturated heterocycles. The van der Waals surface area contributed by atoms with Crippen LogP contribution in [0.5, 0.6) is 0 Å². The molecule has 152 valence electrons. The Morgan fingerprint density at radius 2 is 1.76 bits per heavy atom. The fourth-order valence-electron chi connectivity index (χ4n) is 2.82. The number of nitrogens with one attached hydrogen (secondary N) is 2. The maximum atomic E-state index is 13.0. The van der Waals surface area contributed by atoms with Gasteiger partial charge in [0, 0.05) is 5.69 Å². The molecule has 29 heavy (non-hydrogen) atoms. The van der Waals surface area contributed by atoms with Crippen LogP contribution in [0, 0.1) is 0 Å². The molecule has 0 radical (unpaired) electrons. The van der Waals surface area contributed by atoms with Crippen LogP contribution in [0.1, 0.15) is 18.1 Å². The van der Waals surface area contributed by atoms with Crippen LogP contribution in [0.2, 0.25) is 0 Å². The number of amides is 1. The van der Waals surface area contributed by atoms with Crippen LogP contribution in [-0.4, -0.2) is 20.4 Å². The highest BCUT2D eigenvalue weighted by Gasteiger charge is 2.27. The second-order valence-electron chi connectivity index (χ2n) is 6.47. The summed E-state index contributed by atoms with van der Waals surface area (Å²) in [6.07, 6.45) is 1.09. The van der Waals surface area contributed by atoms with Gasteiger partial charge in [0.15, 0.2) is 0 Å². The zero-order chi connectivity index (χ0) is 20.9. The zero-order valence-corrected chi connectivity index (χ0v) is 19.0. The van der Waals surface area contributed by atoms with E-state index in [1.165, 1.54) is 6.07 Å². The minimum Gasteiger partial charge on any atom is -0.325 e. The van der Waals surface area contributed by atoms with Crippen LogP contribution in [-0.2, 0) is 27.7 Å². The number of rotatable bonds is 8. The molecule has 0 fully saturated rings. The predicted molar refractivity (Wildman–Crippen MR) is 121 cm³/mol. The van der Waals surface area contributed by atoms with Gasteiger partial charge in [0.25, 0.3) is 10.0 Å². The van der Waals surface area contributed by atoms with Gasteiger partial charge < -0.3 is 5.32 Å². The SMILES string of the molecule is CCc1cccc(NC(=O)[C@H](Cc2ccccc2)NS(=O)(=O)c2ccc(Br)s2)c1. The standard InChI is InChI=1S/C21H21BrN2O3S2/c1-2-15-9-6-10-17(13-15)23-21(25)18(14-16-7-4-3-5-8-16)24-29(26,27)20-12-11-19(22)28-20/h3-13,18,24H,2,14H2,1H3,(H,23,25)/t18-/m0/s1. The molecule has 1 amide bonds. The summed E-state index contributed by atoms with van der Waals surface area (Å²) in [6, 6.07) is 19.1. The lowest BCUT2D eigenvalue weighted by Gasteiger charge is -2.18. The lowest BCUT2D eigenvalue weighted by molar-refractivity contribution is -0.117. The smallest absolute Gasteiger partial charge is 0.250 e. The highest BCUT2D eigenvalue weighted by Crippen LogP contribution is 2.26. The van der Waals surface area contributed by atoms with E-state index in [9.17, 15) is 13.2 Å². The molecule has 0 saturated carbocycles. The maximum absolute atomic E-state index is 13.0. The molecule has 0 aliphatic rings. The van der Waals surface area contributed by atoms with E-state index in [0.717, 1.165) is 28.9 Å². The predicted octanol–water partition coefficient (Wildman–Crippen LogP) is 4.60. The van der Waals surface area contributed by atoms with E-state index in [1.807, 2.05) is 55.5 Å². The first-order valence-electron chi connectivity index (χ1n) is 9.09. The molecule has 1 heterocycles. The molecule has 2 aromatic carbocycles. The third-order valence-corrected chi connectivity index (χ3v) is 7.90. The van der Waals surface area contributed by atoms with E-state index >= 15 is 0 Å². The Morgan fingerprint density at radius 1 is 1.03 bits per heavy atom. The van der Waals surface area contributed by atoms with Crippen LogP contribution < -0.4 is 10.0 Å². The molecule has 8 heteroatoms. The highest BCUT2D eigenvalue weighted by atomic mass is 79.9. The molecular weight excluding hydrogens is 472 g/mol. The van der Waals surface area contributed by atoms with Gasteiger partial charge >= 0.3 is 0 Å². The van der Waals surface area contributed by atoms with Crippen molar-refractivity contribution in [1.82, 2.24) is 4.72 Å². The normalized spacial score (nSPS) is 12.5. The monoisotopic (exact) mass is 492 g/mol. The van der Waals surface area contributed by atoms with Crippen molar-refractivity contribution >= 4 is 48.9 Å². The van der Waals surface area contributed by atoms with Gasteiger partial charge in [-0.1, -0.05) is 49.4 Å². The average molecular weight is 493 g/mol. The quantitative estimate of drug-likeness (QED) is 0.482. The number of hydrogen-bond donors (Lipinski definition) is 2. The zero-order valence-electron chi connectivity index (χ0n) is 15.8. The Balaban J connectivity index is 1.84. The molecule has 0 aliphatic carbocycles. The van der Waals surface area contributed by atoms with Crippen molar-refractivity contribution in [3.8, 4) is 0 Å². The second kappa shape index (κ2) is 9.67. The molecule has 0 spiro atoms. The molecule has 3 rings (SSSR count). The summed E-state index contributed by atoms with van der Waals surface area (Å²) < 4.78 is 29.0. The van der Waals surface area contributed by atoms with Gasteiger partial charge in [-0.05, 0) is 64.2 Å². The number of sulfonamides is 1. The van der Waals surface area contributed by atoms with E-state index in [4.69, 9.17) is 0 Å². The summed E-state index contributed by atoms with van der Waals surface area (Å²) in [5.41, 5.74) is 2.60. The molecule has 1 aromatic heterocycles. The van der Waals surface area contributed by atoms with Gasteiger partial charge in [-0.15, -0.1) is 11.3 Å². The number of benzene rings is 2. The number of aryl methyl sites for hydroxylation is 1. The molecule has 5 nitrogen and oxygen atoms in total. The van der Waals surface area contributed by atoms with E-state index in [2.05, 4.69) is 26.0 Å². The third kappa shape index (κ3) is 5.99. The Kier molecular flexibility index (Phi) is 7.23. The van der Waals surface area contributed by atoms with E-state index in [0.29, 0.717) is 9.47 Å². The summed E-state index contributed by atoms with van der Waals surface area (Å²) in [6.45, 7) is 2.03. The van der Waals surface area contributed by atoms with E-state index < -0.39 is 22.0 Å². The first-order chi connectivity index (χ1) is 13.9. The van der Waals surface area contributed by atoms with Gasteiger partial charge in [0.2, 0.25) is 5.91 Å². The summed E-state index contributed by atoms with van der Waals surface area (Å²) in [7, 11) is -3.83.